The average molecular weight is 307 g/mol. The number of nitro groups is 1. The molecular formula is C14H11ClN2O4. The summed E-state index contributed by atoms with van der Waals surface area (Å²) in [5.74, 6) is -1.00. The van der Waals surface area contributed by atoms with Crippen LogP contribution in [-0.4, -0.2) is 16.0 Å². The zero-order valence-electron chi connectivity index (χ0n) is 11.0. The van der Waals surface area contributed by atoms with E-state index in [-0.39, 0.29) is 16.3 Å². The minimum absolute atomic E-state index is 0.0373. The third-order valence-electron chi connectivity index (χ3n) is 2.90. The van der Waals surface area contributed by atoms with Crippen LogP contribution in [0.25, 0.3) is 0 Å². The Kier molecular flexibility index (Phi) is 4.09. The molecule has 0 spiro atoms. The summed E-state index contributed by atoms with van der Waals surface area (Å²) in [5.41, 5.74) is 1.97. The molecule has 108 valence electrons. The van der Waals surface area contributed by atoms with E-state index in [2.05, 4.69) is 5.32 Å². The Morgan fingerprint density at radius 1 is 1.29 bits per heavy atom. The second-order valence-electron chi connectivity index (χ2n) is 4.38. The Labute approximate surface area is 125 Å². The van der Waals surface area contributed by atoms with Gasteiger partial charge < -0.3 is 10.4 Å². The van der Waals surface area contributed by atoms with Crippen molar-refractivity contribution in [3.8, 4) is 0 Å². The Balaban J connectivity index is 2.29. The molecule has 21 heavy (non-hydrogen) atoms. The molecule has 0 aliphatic carbocycles. The van der Waals surface area contributed by atoms with Crippen LogP contribution in [0.5, 0.6) is 0 Å². The van der Waals surface area contributed by atoms with Crippen molar-refractivity contribution in [1.82, 2.24) is 0 Å². The first-order valence-electron chi connectivity index (χ1n) is 5.93. The molecule has 2 aromatic rings. The fourth-order valence-corrected chi connectivity index (χ4v) is 2.03. The van der Waals surface area contributed by atoms with E-state index in [9.17, 15) is 14.9 Å². The molecule has 2 rings (SSSR count). The summed E-state index contributed by atoms with van der Waals surface area (Å²) in [6.07, 6.45) is 0. The van der Waals surface area contributed by atoms with Crippen molar-refractivity contribution in [1.29, 1.82) is 0 Å². The monoisotopic (exact) mass is 306 g/mol. The number of carboxylic acids is 1. The van der Waals surface area contributed by atoms with Gasteiger partial charge in [0.25, 0.3) is 5.69 Å². The molecular weight excluding hydrogens is 296 g/mol. The number of nitrogens with one attached hydrogen (secondary N) is 1. The molecule has 0 amide bonds. The van der Waals surface area contributed by atoms with Gasteiger partial charge in [0.2, 0.25) is 0 Å². The second-order valence-corrected chi connectivity index (χ2v) is 4.79. The SMILES string of the molecule is Cc1cc([N+](=O)[O-])c(Cl)cc1Nc1ccc(C(=O)O)cc1. The fourth-order valence-electron chi connectivity index (χ4n) is 1.79. The van der Waals surface area contributed by atoms with Crippen LogP contribution in [0.15, 0.2) is 36.4 Å². The third-order valence-corrected chi connectivity index (χ3v) is 3.20. The van der Waals surface area contributed by atoms with Crippen LogP contribution in [-0.2, 0) is 0 Å². The van der Waals surface area contributed by atoms with Crippen LogP contribution in [0, 0.1) is 17.0 Å². The maximum atomic E-state index is 10.8. The number of hydrogen-bond donors (Lipinski definition) is 2. The number of carboxylic acid groups (broad SMARTS) is 1. The molecule has 2 N–H and O–H groups in total. The zero-order chi connectivity index (χ0) is 15.6. The van der Waals surface area contributed by atoms with Crippen LogP contribution in [0.2, 0.25) is 5.02 Å². The number of halogens is 1. The lowest BCUT2D eigenvalue weighted by molar-refractivity contribution is -0.384. The van der Waals surface area contributed by atoms with Crippen molar-refractivity contribution in [3.63, 3.8) is 0 Å². The molecule has 0 unspecified atom stereocenters. The Hall–Kier alpha value is -2.60. The highest BCUT2D eigenvalue weighted by Crippen LogP contribution is 2.32. The molecule has 0 aromatic heterocycles. The van der Waals surface area contributed by atoms with Crippen LogP contribution in [0.4, 0.5) is 17.1 Å². The molecule has 0 saturated heterocycles. The van der Waals surface area contributed by atoms with Gasteiger partial charge in [-0.25, -0.2) is 4.79 Å². The van der Waals surface area contributed by atoms with Crippen molar-refractivity contribution >= 4 is 34.6 Å². The first-order chi connectivity index (χ1) is 9.88. The van der Waals surface area contributed by atoms with E-state index in [0.717, 1.165) is 0 Å². The van der Waals surface area contributed by atoms with Gasteiger partial charge in [-0.15, -0.1) is 0 Å². The first-order valence-corrected chi connectivity index (χ1v) is 6.31. The lowest BCUT2D eigenvalue weighted by Crippen LogP contribution is -1.98. The number of aromatic carboxylic acids is 1. The maximum absolute atomic E-state index is 10.8. The van der Waals surface area contributed by atoms with Crippen molar-refractivity contribution in [2.75, 3.05) is 5.32 Å². The van der Waals surface area contributed by atoms with Crippen LogP contribution < -0.4 is 5.32 Å². The van der Waals surface area contributed by atoms with Crippen molar-refractivity contribution in [3.05, 3.63) is 62.7 Å². The van der Waals surface area contributed by atoms with E-state index in [1.54, 1.807) is 19.1 Å². The Bertz CT molecular complexity index is 714. The van der Waals surface area contributed by atoms with Gasteiger partial charge in [0.1, 0.15) is 5.02 Å². The molecule has 2 aromatic carbocycles. The molecule has 7 heteroatoms. The largest absolute Gasteiger partial charge is 0.478 e. The molecule has 0 fully saturated rings. The van der Waals surface area contributed by atoms with Crippen LogP contribution >= 0.6 is 11.6 Å². The minimum Gasteiger partial charge on any atom is -0.478 e. The van der Waals surface area contributed by atoms with E-state index >= 15 is 0 Å². The number of nitrogens with zero attached hydrogens (tertiary/aromatic N) is 1. The highest BCUT2D eigenvalue weighted by Gasteiger charge is 2.15. The van der Waals surface area contributed by atoms with Crippen molar-refractivity contribution in [2.45, 2.75) is 6.92 Å². The quantitative estimate of drug-likeness (QED) is 0.658. The van der Waals surface area contributed by atoms with Gasteiger partial charge in [-0.1, -0.05) is 11.6 Å². The summed E-state index contributed by atoms with van der Waals surface area (Å²) in [7, 11) is 0. The lowest BCUT2D eigenvalue weighted by atomic mass is 10.1. The standard InChI is InChI=1S/C14H11ClN2O4/c1-8-6-13(17(20)21)11(15)7-12(8)16-10-4-2-9(3-5-10)14(18)19/h2-7,16H,1H3,(H,18,19). The second kappa shape index (κ2) is 5.80. The fraction of sp³-hybridized carbons (Fsp3) is 0.0714. The minimum atomic E-state index is -1.00. The smallest absolute Gasteiger partial charge is 0.335 e. The van der Waals surface area contributed by atoms with Crippen molar-refractivity contribution < 1.29 is 14.8 Å². The van der Waals surface area contributed by atoms with Crippen LogP contribution in [0.1, 0.15) is 15.9 Å². The van der Waals surface area contributed by atoms with Crippen LogP contribution in [0.3, 0.4) is 0 Å². The van der Waals surface area contributed by atoms with Gasteiger partial charge in [0.05, 0.1) is 10.5 Å². The Morgan fingerprint density at radius 3 is 2.43 bits per heavy atom. The summed E-state index contributed by atoms with van der Waals surface area (Å²) in [5, 5.41) is 22.7. The maximum Gasteiger partial charge on any atom is 0.335 e. The molecule has 0 saturated carbocycles. The molecule has 6 nitrogen and oxygen atoms in total. The number of anilines is 2. The average Bonchev–Trinajstić information content (AvgIpc) is 2.42. The summed E-state index contributed by atoms with van der Waals surface area (Å²) in [6.45, 7) is 1.72. The number of hydrogen-bond acceptors (Lipinski definition) is 4. The van der Waals surface area contributed by atoms with E-state index in [1.807, 2.05) is 0 Å². The molecule has 0 heterocycles. The van der Waals surface area contributed by atoms with E-state index in [0.29, 0.717) is 16.9 Å². The molecule has 0 bridgehead atoms. The number of rotatable bonds is 4. The third kappa shape index (κ3) is 3.29. The number of nitro benzene ring substituents is 1. The predicted octanol–water partition coefficient (Wildman–Crippen LogP) is 4.00. The van der Waals surface area contributed by atoms with Gasteiger partial charge in [-0.3, -0.25) is 10.1 Å². The van der Waals surface area contributed by atoms with Gasteiger partial charge in [0.15, 0.2) is 0 Å². The van der Waals surface area contributed by atoms with E-state index in [1.165, 1.54) is 24.3 Å². The Morgan fingerprint density at radius 2 is 1.90 bits per heavy atom. The van der Waals surface area contributed by atoms with Gasteiger partial charge >= 0.3 is 5.97 Å². The summed E-state index contributed by atoms with van der Waals surface area (Å²) in [4.78, 5) is 21.0. The predicted molar refractivity (Wildman–Crippen MR) is 79.5 cm³/mol. The zero-order valence-corrected chi connectivity index (χ0v) is 11.7. The van der Waals surface area contributed by atoms with Gasteiger partial charge in [0, 0.05) is 17.4 Å². The van der Waals surface area contributed by atoms with E-state index in [4.69, 9.17) is 16.7 Å². The summed E-state index contributed by atoms with van der Waals surface area (Å²) >= 11 is 5.87. The number of benzene rings is 2. The highest BCUT2D eigenvalue weighted by molar-refractivity contribution is 6.33. The van der Waals surface area contributed by atoms with Crippen molar-refractivity contribution in [2.24, 2.45) is 0 Å². The first kappa shape index (κ1) is 14.8. The lowest BCUT2D eigenvalue weighted by Gasteiger charge is -2.10. The molecule has 0 aliphatic rings. The van der Waals surface area contributed by atoms with E-state index < -0.39 is 10.9 Å². The topological polar surface area (TPSA) is 92.5 Å². The molecule has 0 aliphatic heterocycles. The number of carbonyl (C=O) groups is 1. The highest BCUT2D eigenvalue weighted by atomic mass is 35.5. The summed E-state index contributed by atoms with van der Waals surface area (Å²) in [6, 6.07) is 9.01. The van der Waals surface area contributed by atoms with Gasteiger partial charge in [-0.2, -0.15) is 0 Å². The molecule has 0 radical (unpaired) electrons. The number of aryl methyl sites for hydroxylation is 1. The van der Waals surface area contributed by atoms with Gasteiger partial charge in [-0.05, 0) is 42.8 Å². The normalized spacial score (nSPS) is 10.2. The summed E-state index contributed by atoms with van der Waals surface area (Å²) < 4.78 is 0. The molecule has 0 atom stereocenters.